The van der Waals surface area contributed by atoms with Crippen LogP contribution in [0.3, 0.4) is 0 Å². The topological polar surface area (TPSA) is 26.0 Å². The van der Waals surface area contributed by atoms with Gasteiger partial charge in [0.15, 0.2) is 0 Å². The monoisotopic (exact) mass is 309 g/mol. The Hall–Kier alpha value is -1.02. The van der Waals surface area contributed by atoms with E-state index in [0.29, 0.717) is 18.4 Å². The van der Waals surface area contributed by atoms with Gasteiger partial charge in [-0.15, -0.1) is 12.4 Å². The molecule has 2 atom stereocenters. The minimum absolute atomic E-state index is 0. The van der Waals surface area contributed by atoms with Gasteiger partial charge in [-0.05, 0) is 42.6 Å². The van der Waals surface area contributed by atoms with E-state index in [-0.39, 0.29) is 12.4 Å². The van der Waals surface area contributed by atoms with E-state index in [4.69, 9.17) is 17.3 Å². The van der Waals surface area contributed by atoms with Gasteiger partial charge in [-0.1, -0.05) is 60.5 Å². The SMILES string of the molecule is Cc1cccc(C(CN)C(C)c2ccc(Cl)cc2)c1.Cl. The normalized spacial score (nSPS) is 13.4. The zero-order chi connectivity index (χ0) is 13.8. The Morgan fingerprint density at radius 2 is 1.70 bits per heavy atom. The van der Waals surface area contributed by atoms with Crippen LogP contribution in [-0.4, -0.2) is 6.54 Å². The van der Waals surface area contributed by atoms with Crippen molar-refractivity contribution >= 4 is 24.0 Å². The van der Waals surface area contributed by atoms with E-state index in [9.17, 15) is 0 Å². The van der Waals surface area contributed by atoms with Crippen molar-refractivity contribution < 1.29 is 0 Å². The molecule has 0 aromatic heterocycles. The van der Waals surface area contributed by atoms with Crippen LogP contribution in [0.1, 0.15) is 35.4 Å². The Bertz CT molecular complexity index is 537. The molecule has 0 fully saturated rings. The maximum absolute atomic E-state index is 6.00. The van der Waals surface area contributed by atoms with Crippen LogP contribution in [0.25, 0.3) is 0 Å². The summed E-state index contributed by atoms with van der Waals surface area (Å²) in [6, 6.07) is 16.7. The lowest BCUT2D eigenvalue weighted by molar-refractivity contribution is 0.584. The summed E-state index contributed by atoms with van der Waals surface area (Å²) in [5, 5.41) is 0.774. The molecule has 3 heteroatoms. The molecule has 0 aliphatic carbocycles. The first-order chi connectivity index (χ1) is 9.11. The molecule has 20 heavy (non-hydrogen) atoms. The summed E-state index contributed by atoms with van der Waals surface area (Å²) in [5.41, 5.74) is 9.86. The van der Waals surface area contributed by atoms with Crippen molar-refractivity contribution in [2.45, 2.75) is 25.7 Å². The van der Waals surface area contributed by atoms with E-state index in [2.05, 4.69) is 50.2 Å². The molecule has 0 heterocycles. The highest BCUT2D eigenvalue weighted by Crippen LogP contribution is 2.32. The summed E-state index contributed by atoms with van der Waals surface area (Å²) < 4.78 is 0. The van der Waals surface area contributed by atoms with Crippen molar-refractivity contribution in [2.24, 2.45) is 5.73 Å². The molecule has 2 N–H and O–H groups in total. The van der Waals surface area contributed by atoms with Crippen molar-refractivity contribution in [3.8, 4) is 0 Å². The van der Waals surface area contributed by atoms with Crippen LogP contribution in [0.4, 0.5) is 0 Å². The van der Waals surface area contributed by atoms with Crippen LogP contribution in [0.5, 0.6) is 0 Å². The predicted molar refractivity (Wildman–Crippen MR) is 90.1 cm³/mol. The fraction of sp³-hybridized carbons (Fsp3) is 0.294. The summed E-state index contributed by atoms with van der Waals surface area (Å²) in [5.74, 6) is 0.713. The van der Waals surface area contributed by atoms with E-state index >= 15 is 0 Å². The van der Waals surface area contributed by atoms with Gasteiger partial charge < -0.3 is 5.73 Å². The lowest BCUT2D eigenvalue weighted by atomic mass is 9.82. The van der Waals surface area contributed by atoms with Gasteiger partial charge in [0.1, 0.15) is 0 Å². The largest absolute Gasteiger partial charge is 0.330 e. The molecule has 0 aliphatic rings. The maximum Gasteiger partial charge on any atom is 0.0406 e. The van der Waals surface area contributed by atoms with Crippen LogP contribution in [0.15, 0.2) is 48.5 Å². The fourth-order valence-corrected chi connectivity index (χ4v) is 2.65. The number of nitrogens with two attached hydrogens (primary N) is 1. The highest BCUT2D eigenvalue weighted by molar-refractivity contribution is 6.30. The Labute approximate surface area is 132 Å². The van der Waals surface area contributed by atoms with Gasteiger partial charge in [-0.3, -0.25) is 0 Å². The average Bonchev–Trinajstić information content (AvgIpc) is 2.40. The van der Waals surface area contributed by atoms with E-state index in [1.807, 2.05) is 12.1 Å². The van der Waals surface area contributed by atoms with Crippen molar-refractivity contribution in [1.82, 2.24) is 0 Å². The molecule has 0 saturated heterocycles. The van der Waals surface area contributed by atoms with Crippen LogP contribution in [0, 0.1) is 6.92 Å². The zero-order valence-corrected chi connectivity index (χ0v) is 13.4. The van der Waals surface area contributed by atoms with Gasteiger partial charge in [-0.2, -0.15) is 0 Å². The molecule has 2 aromatic carbocycles. The smallest absolute Gasteiger partial charge is 0.0406 e. The van der Waals surface area contributed by atoms with Gasteiger partial charge in [0, 0.05) is 10.9 Å². The van der Waals surface area contributed by atoms with Gasteiger partial charge in [0.05, 0.1) is 0 Å². The maximum atomic E-state index is 6.00. The van der Waals surface area contributed by atoms with E-state index in [1.165, 1.54) is 16.7 Å². The number of hydrogen-bond acceptors (Lipinski definition) is 1. The predicted octanol–water partition coefficient (Wildman–Crippen LogP) is 4.92. The molecule has 2 rings (SSSR count). The number of aryl methyl sites for hydroxylation is 1. The number of rotatable bonds is 4. The molecular weight excluding hydrogens is 289 g/mol. The van der Waals surface area contributed by atoms with Crippen molar-refractivity contribution in [3.05, 3.63) is 70.2 Å². The number of benzene rings is 2. The molecule has 0 bridgehead atoms. The standard InChI is InChI=1S/C17H20ClN.ClH/c1-12-4-3-5-15(10-12)17(11-19)13(2)14-6-8-16(18)9-7-14;/h3-10,13,17H,11,19H2,1-2H3;1H. The van der Waals surface area contributed by atoms with Crippen LogP contribution < -0.4 is 5.73 Å². The third kappa shape index (κ3) is 3.99. The van der Waals surface area contributed by atoms with Crippen molar-refractivity contribution in [3.63, 3.8) is 0 Å². The Morgan fingerprint density at radius 1 is 1.05 bits per heavy atom. The van der Waals surface area contributed by atoms with Gasteiger partial charge >= 0.3 is 0 Å². The van der Waals surface area contributed by atoms with Crippen LogP contribution >= 0.6 is 24.0 Å². The fourth-order valence-electron chi connectivity index (χ4n) is 2.53. The first-order valence-corrected chi connectivity index (χ1v) is 7.01. The molecule has 108 valence electrons. The second-order valence-electron chi connectivity index (χ2n) is 5.10. The zero-order valence-electron chi connectivity index (χ0n) is 11.8. The highest BCUT2D eigenvalue weighted by Gasteiger charge is 2.19. The van der Waals surface area contributed by atoms with Crippen molar-refractivity contribution in [1.29, 1.82) is 0 Å². The lowest BCUT2D eigenvalue weighted by Crippen LogP contribution is -2.18. The first-order valence-electron chi connectivity index (χ1n) is 6.64. The number of halogens is 2. The minimum Gasteiger partial charge on any atom is -0.330 e. The lowest BCUT2D eigenvalue weighted by Gasteiger charge is -2.24. The van der Waals surface area contributed by atoms with E-state index < -0.39 is 0 Å². The molecular formula is C17H21Cl2N. The summed E-state index contributed by atoms with van der Waals surface area (Å²) in [6.45, 7) is 4.99. The molecule has 0 radical (unpaired) electrons. The summed E-state index contributed by atoms with van der Waals surface area (Å²) in [6.07, 6.45) is 0. The molecule has 2 unspecified atom stereocenters. The summed E-state index contributed by atoms with van der Waals surface area (Å²) in [7, 11) is 0. The third-order valence-corrected chi connectivity index (χ3v) is 3.98. The quantitative estimate of drug-likeness (QED) is 0.852. The molecule has 0 aliphatic heterocycles. The Balaban J connectivity index is 0.00000200. The highest BCUT2D eigenvalue weighted by atomic mass is 35.5. The van der Waals surface area contributed by atoms with Gasteiger partial charge in [0.2, 0.25) is 0 Å². The Morgan fingerprint density at radius 3 is 2.25 bits per heavy atom. The third-order valence-electron chi connectivity index (χ3n) is 3.72. The second kappa shape index (κ2) is 7.68. The number of hydrogen-bond donors (Lipinski definition) is 1. The van der Waals surface area contributed by atoms with E-state index in [1.54, 1.807) is 0 Å². The molecule has 0 spiro atoms. The Kier molecular flexibility index (Phi) is 6.54. The molecule has 0 amide bonds. The second-order valence-corrected chi connectivity index (χ2v) is 5.53. The first kappa shape index (κ1) is 17.0. The minimum atomic E-state index is 0. The van der Waals surface area contributed by atoms with Gasteiger partial charge in [0.25, 0.3) is 0 Å². The van der Waals surface area contributed by atoms with Crippen LogP contribution in [0.2, 0.25) is 5.02 Å². The molecule has 1 nitrogen and oxygen atoms in total. The molecule has 0 saturated carbocycles. The van der Waals surface area contributed by atoms with Crippen molar-refractivity contribution in [2.75, 3.05) is 6.54 Å². The average molecular weight is 310 g/mol. The van der Waals surface area contributed by atoms with E-state index in [0.717, 1.165) is 5.02 Å². The molecule has 2 aromatic rings. The summed E-state index contributed by atoms with van der Waals surface area (Å²) in [4.78, 5) is 0. The van der Waals surface area contributed by atoms with Gasteiger partial charge in [-0.25, -0.2) is 0 Å². The summed E-state index contributed by atoms with van der Waals surface area (Å²) >= 11 is 5.94. The van der Waals surface area contributed by atoms with Crippen LogP contribution in [-0.2, 0) is 0 Å².